The van der Waals surface area contributed by atoms with Gasteiger partial charge in [-0.3, -0.25) is 4.99 Å². The number of rotatable bonds is 5. The van der Waals surface area contributed by atoms with Crippen LogP contribution in [0.5, 0.6) is 0 Å². The summed E-state index contributed by atoms with van der Waals surface area (Å²) in [4.78, 5) is 16.6. The fourth-order valence-corrected chi connectivity index (χ4v) is 5.25. The number of aliphatic imine (C=N–C) groups is 1. The number of hydrogen-bond acceptors (Lipinski definition) is 5. The molecule has 2 fully saturated rings. The maximum absolute atomic E-state index is 4.83. The Kier molecular flexibility index (Phi) is 8.83. The molecule has 0 saturated carbocycles. The number of piperazine rings is 1. The Morgan fingerprint density at radius 2 is 1.81 bits per heavy atom. The first-order chi connectivity index (χ1) is 14.7. The number of benzene rings is 1. The molecule has 2 aliphatic heterocycles. The van der Waals surface area contributed by atoms with Crippen molar-refractivity contribution in [1.29, 1.82) is 0 Å². The van der Waals surface area contributed by atoms with E-state index in [4.69, 9.17) is 4.98 Å². The van der Waals surface area contributed by atoms with Crippen molar-refractivity contribution in [3.63, 3.8) is 0 Å². The number of guanidine groups is 1. The van der Waals surface area contributed by atoms with Crippen LogP contribution in [-0.2, 0) is 6.42 Å². The van der Waals surface area contributed by atoms with Crippen LogP contribution in [-0.4, -0.2) is 68.7 Å². The molecule has 4 rings (SSSR count). The average molecular weight is 555 g/mol. The molecule has 2 aromatic rings. The van der Waals surface area contributed by atoms with Gasteiger partial charge in [-0.2, -0.15) is 0 Å². The molecule has 3 heterocycles. The van der Waals surface area contributed by atoms with Gasteiger partial charge in [-0.1, -0.05) is 12.1 Å². The summed E-state index contributed by atoms with van der Waals surface area (Å²) in [6.45, 7) is 11.6. The molecule has 0 atom stereocenters. The molecule has 0 aliphatic carbocycles. The van der Waals surface area contributed by atoms with Crippen molar-refractivity contribution >= 4 is 52.1 Å². The van der Waals surface area contributed by atoms with Crippen LogP contribution in [0, 0.1) is 13.8 Å². The number of anilines is 2. The Hall–Kier alpha value is -1.55. The van der Waals surface area contributed by atoms with Gasteiger partial charge in [0.1, 0.15) is 0 Å². The van der Waals surface area contributed by atoms with Gasteiger partial charge < -0.3 is 20.0 Å². The van der Waals surface area contributed by atoms with Crippen LogP contribution in [0.3, 0.4) is 0 Å². The van der Waals surface area contributed by atoms with Gasteiger partial charge in [-0.15, -0.1) is 35.3 Å². The van der Waals surface area contributed by atoms with Crippen molar-refractivity contribution in [3.8, 4) is 0 Å². The first kappa shape index (κ1) is 24.1. The molecule has 8 heteroatoms. The standard InChI is InChI=1S/C23H34N6S.HI/c1-18-7-6-8-21(19(18)2)27-13-15-28(16-14-27)22(24-3)25-10-9-20-17-30-23(26-20)29-11-4-5-12-29;/h6-8,17H,4-5,9-16H2,1-3H3,(H,24,25);1H. The SMILES string of the molecule is CN=C(NCCc1csc(N2CCCC2)n1)N1CCN(c2cccc(C)c2C)CC1.I. The maximum Gasteiger partial charge on any atom is 0.193 e. The lowest BCUT2D eigenvalue weighted by Gasteiger charge is -2.38. The van der Waals surface area contributed by atoms with Gasteiger partial charge in [0.05, 0.1) is 5.69 Å². The highest BCUT2D eigenvalue weighted by Gasteiger charge is 2.21. The first-order valence-electron chi connectivity index (χ1n) is 11.1. The Morgan fingerprint density at radius 1 is 1.06 bits per heavy atom. The summed E-state index contributed by atoms with van der Waals surface area (Å²) in [6.07, 6.45) is 3.53. The molecule has 6 nitrogen and oxygen atoms in total. The Morgan fingerprint density at radius 3 is 2.52 bits per heavy atom. The van der Waals surface area contributed by atoms with E-state index in [1.165, 1.54) is 40.5 Å². The fraction of sp³-hybridized carbons (Fsp3) is 0.565. The zero-order chi connectivity index (χ0) is 20.9. The van der Waals surface area contributed by atoms with Crippen LogP contribution in [0.25, 0.3) is 0 Å². The average Bonchev–Trinajstić information content (AvgIpc) is 3.45. The number of aryl methyl sites for hydroxylation is 1. The summed E-state index contributed by atoms with van der Waals surface area (Å²) in [5.41, 5.74) is 5.31. The van der Waals surface area contributed by atoms with Gasteiger partial charge in [0.2, 0.25) is 0 Å². The van der Waals surface area contributed by atoms with Crippen molar-refractivity contribution in [2.45, 2.75) is 33.1 Å². The van der Waals surface area contributed by atoms with Gasteiger partial charge >= 0.3 is 0 Å². The monoisotopic (exact) mass is 554 g/mol. The molecule has 2 aliphatic rings. The van der Waals surface area contributed by atoms with Crippen LogP contribution in [0.15, 0.2) is 28.6 Å². The van der Waals surface area contributed by atoms with E-state index in [2.05, 4.69) is 62.4 Å². The molecule has 1 aromatic heterocycles. The highest BCUT2D eigenvalue weighted by molar-refractivity contribution is 14.0. The van der Waals surface area contributed by atoms with Crippen molar-refractivity contribution in [2.24, 2.45) is 4.99 Å². The lowest BCUT2D eigenvalue weighted by atomic mass is 10.1. The van der Waals surface area contributed by atoms with E-state index in [0.717, 1.165) is 58.2 Å². The lowest BCUT2D eigenvalue weighted by Crippen LogP contribution is -2.53. The molecule has 2 saturated heterocycles. The highest BCUT2D eigenvalue weighted by Crippen LogP contribution is 2.25. The molecule has 31 heavy (non-hydrogen) atoms. The predicted molar refractivity (Wildman–Crippen MR) is 144 cm³/mol. The van der Waals surface area contributed by atoms with Crippen molar-refractivity contribution < 1.29 is 0 Å². The zero-order valence-corrected chi connectivity index (χ0v) is 22.1. The molecule has 1 aromatic carbocycles. The zero-order valence-electron chi connectivity index (χ0n) is 18.9. The first-order valence-corrected chi connectivity index (χ1v) is 12.0. The number of hydrogen-bond donors (Lipinski definition) is 1. The van der Waals surface area contributed by atoms with Gasteiger partial charge in [-0.25, -0.2) is 4.98 Å². The molecule has 170 valence electrons. The number of aromatic nitrogens is 1. The molecule has 0 amide bonds. The van der Waals surface area contributed by atoms with Gasteiger partial charge in [0.15, 0.2) is 11.1 Å². The number of halogens is 1. The Balaban J connectivity index is 0.00000272. The second-order valence-corrected chi connectivity index (χ2v) is 9.07. The largest absolute Gasteiger partial charge is 0.368 e. The van der Waals surface area contributed by atoms with Crippen LogP contribution in [0.2, 0.25) is 0 Å². The molecular formula is C23H35IN6S. The van der Waals surface area contributed by atoms with E-state index in [9.17, 15) is 0 Å². The highest BCUT2D eigenvalue weighted by atomic mass is 127. The topological polar surface area (TPSA) is 47.0 Å². The normalized spacial score (nSPS) is 17.1. The Labute approximate surface area is 207 Å². The van der Waals surface area contributed by atoms with E-state index in [-0.39, 0.29) is 24.0 Å². The third kappa shape index (κ3) is 5.83. The predicted octanol–water partition coefficient (Wildman–Crippen LogP) is 3.92. The molecule has 0 radical (unpaired) electrons. The van der Waals surface area contributed by atoms with Crippen LogP contribution < -0.4 is 15.1 Å². The summed E-state index contributed by atoms with van der Waals surface area (Å²) in [6, 6.07) is 6.60. The van der Waals surface area contributed by atoms with Crippen LogP contribution in [0.4, 0.5) is 10.8 Å². The molecule has 0 unspecified atom stereocenters. The summed E-state index contributed by atoms with van der Waals surface area (Å²) in [5, 5.41) is 6.95. The van der Waals surface area contributed by atoms with E-state index < -0.39 is 0 Å². The quantitative estimate of drug-likeness (QED) is 0.345. The molecular weight excluding hydrogens is 519 g/mol. The van der Waals surface area contributed by atoms with Crippen molar-refractivity contribution in [3.05, 3.63) is 40.4 Å². The summed E-state index contributed by atoms with van der Waals surface area (Å²) in [5.74, 6) is 1.01. The summed E-state index contributed by atoms with van der Waals surface area (Å²) >= 11 is 1.78. The fourth-order valence-electron chi connectivity index (χ4n) is 4.34. The lowest BCUT2D eigenvalue weighted by molar-refractivity contribution is 0.372. The third-order valence-electron chi connectivity index (χ3n) is 6.29. The van der Waals surface area contributed by atoms with Crippen molar-refractivity contribution in [2.75, 3.05) is 62.7 Å². The van der Waals surface area contributed by atoms with Gasteiger partial charge in [0.25, 0.3) is 0 Å². The number of nitrogens with one attached hydrogen (secondary N) is 1. The van der Waals surface area contributed by atoms with E-state index >= 15 is 0 Å². The smallest absolute Gasteiger partial charge is 0.193 e. The van der Waals surface area contributed by atoms with Crippen molar-refractivity contribution in [1.82, 2.24) is 15.2 Å². The van der Waals surface area contributed by atoms with Gasteiger partial charge in [0, 0.05) is 70.3 Å². The second kappa shape index (κ2) is 11.4. The summed E-state index contributed by atoms with van der Waals surface area (Å²) in [7, 11) is 1.88. The minimum atomic E-state index is 0. The number of nitrogens with zero attached hydrogens (tertiary/aromatic N) is 5. The molecule has 0 spiro atoms. The van der Waals surface area contributed by atoms with Gasteiger partial charge in [-0.05, 0) is 43.9 Å². The van der Waals surface area contributed by atoms with Crippen LogP contribution in [0.1, 0.15) is 29.7 Å². The van der Waals surface area contributed by atoms with E-state index in [1.807, 2.05) is 7.05 Å². The third-order valence-corrected chi connectivity index (χ3v) is 7.24. The second-order valence-electron chi connectivity index (χ2n) is 8.23. The number of thiazole rings is 1. The van der Waals surface area contributed by atoms with E-state index in [1.54, 1.807) is 11.3 Å². The maximum atomic E-state index is 4.83. The minimum Gasteiger partial charge on any atom is -0.368 e. The van der Waals surface area contributed by atoms with Crippen LogP contribution >= 0.6 is 35.3 Å². The Bertz CT molecular complexity index is 869. The summed E-state index contributed by atoms with van der Waals surface area (Å²) < 4.78 is 0. The molecule has 1 N–H and O–H groups in total. The minimum absolute atomic E-state index is 0. The molecule has 0 bridgehead atoms. The van der Waals surface area contributed by atoms with E-state index in [0.29, 0.717) is 0 Å².